The van der Waals surface area contributed by atoms with Crippen molar-refractivity contribution in [2.24, 2.45) is 0 Å². The zero-order valence-corrected chi connectivity index (χ0v) is 17.2. The summed E-state index contributed by atoms with van der Waals surface area (Å²) in [5.41, 5.74) is 2.05. The number of nitrogens with zero attached hydrogens (tertiary/aromatic N) is 4. The van der Waals surface area contributed by atoms with Crippen LogP contribution in [0, 0.1) is 6.92 Å². The lowest BCUT2D eigenvalue weighted by Gasteiger charge is -2.15. The van der Waals surface area contributed by atoms with E-state index >= 15 is 0 Å². The minimum Gasteiger partial charge on any atom is -0.384 e. The molecule has 1 aromatic carbocycles. The van der Waals surface area contributed by atoms with E-state index in [0.29, 0.717) is 51.4 Å². The second-order valence-corrected chi connectivity index (χ2v) is 7.16. The van der Waals surface area contributed by atoms with Crippen LogP contribution in [0.3, 0.4) is 0 Å². The van der Waals surface area contributed by atoms with Crippen molar-refractivity contribution in [3.05, 3.63) is 44.8 Å². The van der Waals surface area contributed by atoms with Crippen LogP contribution in [0.25, 0.3) is 5.65 Å². The molecule has 0 saturated heterocycles. The lowest BCUT2D eigenvalue weighted by Crippen LogP contribution is -2.13. The number of rotatable bonds is 7. The molecule has 0 bridgehead atoms. The van der Waals surface area contributed by atoms with Crippen LogP contribution in [0.1, 0.15) is 17.3 Å². The standard InChI is InChI=1S/C17H18Cl3N5O2/c1-9-22-16-12(10(7-26-2)8-27-3)6-21-25(16)17(23-9)24-15-13(19)4-11(18)5-14(15)20/h4-6,10H,7-8H2,1-3H3,(H,22,23,24). The van der Waals surface area contributed by atoms with Gasteiger partial charge in [0.1, 0.15) is 5.82 Å². The van der Waals surface area contributed by atoms with E-state index in [2.05, 4.69) is 20.4 Å². The fourth-order valence-corrected chi connectivity index (χ4v) is 3.68. The third kappa shape index (κ3) is 4.28. The van der Waals surface area contributed by atoms with Crippen LogP contribution in [0.2, 0.25) is 15.1 Å². The van der Waals surface area contributed by atoms with E-state index in [9.17, 15) is 0 Å². The Hall–Kier alpha value is -1.64. The van der Waals surface area contributed by atoms with Crippen molar-refractivity contribution in [1.82, 2.24) is 19.6 Å². The lowest BCUT2D eigenvalue weighted by molar-refractivity contribution is 0.117. The highest BCUT2D eigenvalue weighted by Gasteiger charge is 2.21. The molecule has 0 aliphatic rings. The van der Waals surface area contributed by atoms with Crippen molar-refractivity contribution >= 4 is 52.1 Å². The van der Waals surface area contributed by atoms with E-state index in [1.807, 2.05) is 0 Å². The number of ether oxygens (including phenoxy) is 2. The smallest absolute Gasteiger partial charge is 0.232 e. The van der Waals surface area contributed by atoms with E-state index < -0.39 is 0 Å². The normalized spacial score (nSPS) is 11.5. The molecule has 0 aliphatic carbocycles. The Bertz CT molecular complexity index is 934. The highest BCUT2D eigenvalue weighted by molar-refractivity contribution is 6.41. The Balaban J connectivity index is 2.08. The fraction of sp³-hybridized carbons (Fsp3) is 0.353. The van der Waals surface area contributed by atoms with Crippen molar-refractivity contribution in [2.45, 2.75) is 12.8 Å². The first kappa shape index (κ1) is 20.1. The summed E-state index contributed by atoms with van der Waals surface area (Å²) in [5, 5.41) is 8.75. The summed E-state index contributed by atoms with van der Waals surface area (Å²) < 4.78 is 12.2. The Morgan fingerprint density at radius 3 is 2.30 bits per heavy atom. The maximum atomic E-state index is 6.28. The molecule has 27 heavy (non-hydrogen) atoms. The van der Waals surface area contributed by atoms with Crippen molar-refractivity contribution in [1.29, 1.82) is 0 Å². The molecule has 10 heteroatoms. The Labute approximate surface area is 171 Å². The van der Waals surface area contributed by atoms with Gasteiger partial charge in [-0.15, -0.1) is 0 Å². The van der Waals surface area contributed by atoms with E-state index in [1.54, 1.807) is 44.0 Å². The van der Waals surface area contributed by atoms with Gasteiger partial charge in [0.15, 0.2) is 5.65 Å². The molecule has 3 rings (SSSR count). The summed E-state index contributed by atoms with van der Waals surface area (Å²) in [6, 6.07) is 3.20. The second kappa shape index (κ2) is 8.58. The van der Waals surface area contributed by atoms with Crippen LogP contribution >= 0.6 is 34.8 Å². The molecule has 144 valence electrons. The number of halogens is 3. The van der Waals surface area contributed by atoms with Crippen LogP contribution in [0.4, 0.5) is 11.6 Å². The maximum Gasteiger partial charge on any atom is 0.232 e. The monoisotopic (exact) mass is 429 g/mol. The van der Waals surface area contributed by atoms with Gasteiger partial charge >= 0.3 is 0 Å². The van der Waals surface area contributed by atoms with Gasteiger partial charge in [-0.25, -0.2) is 4.98 Å². The van der Waals surface area contributed by atoms with Gasteiger partial charge in [0.2, 0.25) is 5.95 Å². The van der Waals surface area contributed by atoms with E-state index in [1.165, 1.54) is 0 Å². The minimum absolute atomic E-state index is 0.0117. The summed E-state index contributed by atoms with van der Waals surface area (Å²) in [6.45, 7) is 2.76. The lowest BCUT2D eigenvalue weighted by atomic mass is 10.0. The zero-order valence-electron chi connectivity index (χ0n) is 15.0. The van der Waals surface area contributed by atoms with Crippen molar-refractivity contribution < 1.29 is 9.47 Å². The minimum atomic E-state index is -0.0117. The van der Waals surface area contributed by atoms with Crippen LogP contribution in [-0.2, 0) is 9.47 Å². The molecule has 0 amide bonds. The topological polar surface area (TPSA) is 73.6 Å². The molecule has 2 heterocycles. The van der Waals surface area contributed by atoms with Gasteiger partial charge in [0, 0.05) is 30.7 Å². The average molecular weight is 431 g/mol. The molecular weight excluding hydrogens is 413 g/mol. The SMILES string of the molecule is COCC(COC)c1cnn2c(Nc3c(Cl)cc(Cl)cc3Cl)nc(C)nc12. The molecule has 0 unspecified atom stereocenters. The van der Waals surface area contributed by atoms with Gasteiger partial charge < -0.3 is 14.8 Å². The number of aromatic nitrogens is 4. The van der Waals surface area contributed by atoms with Gasteiger partial charge in [-0.1, -0.05) is 34.8 Å². The number of methoxy groups -OCH3 is 2. The molecule has 0 atom stereocenters. The van der Waals surface area contributed by atoms with E-state index in [0.717, 1.165) is 5.56 Å². The second-order valence-electron chi connectivity index (χ2n) is 5.91. The van der Waals surface area contributed by atoms with Gasteiger partial charge in [-0.3, -0.25) is 0 Å². The quantitative estimate of drug-likeness (QED) is 0.594. The molecule has 0 fully saturated rings. The zero-order chi connectivity index (χ0) is 19.6. The number of aryl methyl sites for hydroxylation is 1. The Morgan fingerprint density at radius 2 is 1.70 bits per heavy atom. The number of benzene rings is 1. The van der Waals surface area contributed by atoms with Crippen molar-refractivity contribution in [3.63, 3.8) is 0 Å². The Morgan fingerprint density at radius 1 is 1.07 bits per heavy atom. The molecule has 3 aromatic rings. The van der Waals surface area contributed by atoms with Gasteiger partial charge in [0.25, 0.3) is 0 Å². The first-order valence-corrected chi connectivity index (χ1v) is 9.19. The molecule has 0 spiro atoms. The number of fused-ring (bicyclic) bond motifs is 1. The fourth-order valence-electron chi connectivity index (χ4n) is 2.77. The van der Waals surface area contributed by atoms with Crippen LogP contribution < -0.4 is 5.32 Å². The highest BCUT2D eigenvalue weighted by Crippen LogP contribution is 2.35. The Kier molecular flexibility index (Phi) is 6.39. The van der Waals surface area contributed by atoms with E-state index in [4.69, 9.17) is 44.3 Å². The molecule has 2 aromatic heterocycles. The van der Waals surface area contributed by atoms with Gasteiger partial charge in [0.05, 0.1) is 35.1 Å². The van der Waals surface area contributed by atoms with E-state index in [-0.39, 0.29) is 5.92 Å². The summed E-state index contributed by atoms with van der Waals surface area (Å²) >= 11 is 18.5. The predicted octanol–water partition coefficient (Wildman–Crippen LogP) is 4.51. The summed E-state index contributed by atoms with van der Waals surface area (Å²) in [4.78, 5) is 8.96. The largest absolute Gasteiger partial charge is 0.384 e. The molecule has 1 N–H and O–H groups in total. The highest BCUT2D eigenvalue weighted by atomic mass is 35.5. The molecular formula is C17H18Cl3N5O2. The predicted molar refractivity (Wildman–Crippen MR) is 107 cm³/mol. The third-order valence-electron chi connectivity index (χ3n) is 3.93. The van der Waals surface area contributed by atoms with Gasteiger partial charge in [-0.05, 0) is 19.1 Å². The van der Waals surface area contributed by atoms with Crippen molar-refractivity contribution in [2.75, 3.05) is 32.8 Å². The summed E-state index contributed by atoms with van der Waals surface area (Å²) in [7, 11) is 3.29. The van der Waals surface area contributed by atoms with Gasteiger partial charge in [-0.2, -0.15) is 14.6 Å². The number of nitrogens with one attached hydrogen (secondary N) is 1. The van der Waals surface area contributed by atoms with Crippen LogP contribution in [-0.4, -0.2) is 47.0 Å². The van der Waals surface area contributed by atoms with Crippen molar-refractivity contribution in [3.8, 4) is 0 Å². The molecule has 7 nitrogen and oxygen atoms in total. The number of hydrogen-bond acceptors (Lipinski definition) is 6. The van der Waals surface area contributed by atoms with Crippen LogP contribution in [0.5, 0.6) is 0 Å². The molecule has 0 aliphatic heterocycles. The number of hydrogen-bond donors (Lipinski definition) is 1. The first-order valence-electron chi connectivity index (χ1n) is 8.06. The summed E-state index contributed by atoms with van der Waals surface area (Å²) in [6.07, 6.45) is 1.74. The first-order chi connectivity index (χ1) is 12.9. The molecule has 0 saturated carbocycles. The third-order valence-corrected chi connectivity index (χ3v) is 4.74. The van der Waals surface area contributed by atoms with Crippen LogP contribution in [0.15, 0.2) is 18.3 Å². The average Bonchev–Trinajstić information content (AvgIpc) is 3.01. The maximum absolute atomic E-state index is 6.28. The molecule has 0 radical (unpaired) electrons. The number of anilines is 2. The summed E-state index contributed by atoms with van der Waals surface area (Å²) in [5.74, 6) is 0.993.